The maximum atomic E-state index is 11.7. The lowest BCUT2D eigenvalue weighted by Crippen LogP contribution is -2.24. The first kappa shape index (κ1) is 13.9. The molecular formula is C15H19ClN2O. The van der Waals surface area contributed by atoms with Crippen LogP contribution in [0.4, 0.5) is 10.5 Å². The first-order chi connectivity index (χ1) is 9.16. The number of hydrogen-bond acceptors (Lipinski definition) is 1. The van der Waals surface area contributed by atoms with Crippen LogP contribution in [-0.2, 0) is 0 Å². The molecule has 2 amide bonds. The van der Waals surface area contributed by atoms with E-state index in [1.54, 1.807) is 12.3 Å². The summed E-state index contributed by atoms with van der Waals surface area (Å²) in [5.74, 6) is 0.619. The lowest BCUT2D eigenvalue weighted by molar-refractivity contribution is 0.255. The van der Waals surface area contributed by atoms with E-state index in [0.29, 0.717) is 10.9 Å². The molecule has 1 fully saturated rings. The number of hydrogen-bond donors (Lipinski definition) is 2. The summed E-state index contributed by atoms with van der Waals surface area (Å²) in [6.07, 6.45) is 8.87. The van der Waals surface area contributed by atoms with E-state index in [0.717, 1.165) is 11.3 Å². The van der Waals surface area contributed by atoms with E-state index >= 15 is 0 Å². The van der Waals surface area contributed by atoms with Gasteiger partial charge in [0.05, 0.1) is 0 Å². The number of carbonyl (C=O) groups excluding carboxylic acids is 1. The number of allylic oxidation sites excluding steroid dienone is 1. The van der Waals surface area contributed by atoms with Crippen LogP contribution in [-0.4, -0.2) is 6.03 Å². The molecule has 0 bridgehead atoms. The van der Waals surface area contributed by atoms with Gasteiger partial charge in [-0.15, -0.1) is 0 Å². The fourth-order valence-electron chi connectivity index (χ4n) is 2.31. The van der Waals surface area contributed by atoms with E-state index < -0.39 is 0 Å². The van der Waals surface area contributed by atoms with Gasteiger partial charge in [-0.05, 0) is 43.4 Å². The molecule has 1 aromatic rings. The molecule has 1 aliphatic rings. The van der Waals surface area contributed by atoms with Gasteiger partial charge < -0.3 is 10.6 Å². The normalized spacial score (nSPS) is 15.9. The minimum absolute atomic E-state index is 0.236. The summed E-state index contributed by atoms with van der Waals surface area (Å²) < 4.78 is 0. The number of halogens is 1. The number of rotatable bonds is 3. The van der Waals surface area contributed by atoms with E-state index in [1.165, 1.54) is 25.7 Å². The van der Waals surface area contributed by atoms with E-state index in [9.17, 15) is 4.79 Å². The quantitative estimate of drug-likeness (QED) is 0.841. The molecular weight excluding hydrogens is 260 g/mol. The van der Waals surface area contributed by atoms with E-state index in [1.807, 2.05) is 19.1 Å². The molecule has 4 heteroatoms. The van der Waals surface area contributed by atoms with Crippen LogP contribution in [0.3, 0.4) is 0 Å². The predicted octanol–water partition coefficient (Wildman–Crippen LogP) is 4.47. The molecule has 3 nitrogen and oxygen atoms in total. The van der Waals surface area contributed by atoms with Crippen LogP contribution in [0.15, 0.2) is 30.5 Å². The van der Waals surface area contributed by atoms with E-state index in [-0.39, 0.29) is 6.03 Å². The molecule has 1 aliphatic carbocycles. The number of nitrogens with one attached hydrogen (secondary N) is 2. The van der Waals surface area contributed by atoms with Gasteiger partial charge in [0, 0.05) is 16.9 Å². The third-order valence-corrected chi connectivity index (χ3v) is 3.91. The van der Waals surface area contributed by atoms with Gasteiger partial charge in [-0.25, -0.2) is 4.79 Å². The standard InChI is InChI=1S/C15H19ClN2O/c1-11-13(16)7-4-8-14(11)18-15(19)17-10-9-12-5-2-3-6-12/h4,7-10,12H,2-3,5-6H2,1H3,(H2,17,18,19)/b10-9+. The van der Waals surface area contributed by atoms with Crippen molar-refractivity contribution >= 4 is 23.3 Å². The highest BCUT2D eigenvalue weighted by atomic mass is 35.5. The van der Waals surface area contributed by atoms with Crippen LogP contribution in [0.25, 0.3) is 0 Å². The lowest BCUT2D eigenvalue weighted by Gasteiger charge is -2.09. The highest BCUT2D eigenvalue weighted by molar-refractivity contribution is 6.31. The largest absolute Gasteiger partial charge is 0.323 e. The fraction of sp³-hybridized carbons (Fsp3) is 0.400. The molecule has 102 valence electrons. The number of urea groups is 1. The first-order valence-electron chi connectivity index (χ1n) is 6.66. The molecule has 2 rings (SSSR count). The van der Waals surface area contributed by atoms with Gasteiger partial charge >= 0.3 is 6.03 Å². The summed E-state index contributed by atoms with van der Waals surface area (Å²) >= 11 is 6.00. The van der Waals surface area contributed by atoms with Gasteiger partial charge in [-0.1, -0.05) is 36.6 Å². The maximum Gasteiger partial charge on any atom is 0.323 e. The highest BCUT2D eigenvalue weighted by Gasteiger charge is 2.11. The zero-order valence-corrected chi connectivity index (χ0v) is 11.8. The molecule has 19 heavy (non-hydrogen) atoms. The van der Waals surface area contributed by atoms with Crippen LogP contribution < -0.4 is 10.6 Å². The summed E-state index contributed by atoms with van der Waals surface area (Å²) in [6.45, 7) is 1.88. The summed E-state index contributed by atoms with van der Waals surface area (Å²) in [5.41, 5.74) is 1.61. The molecule has 0 saturated heterocycles. The second-order valence-electron chi connectivity index (χ2n) is 4.91. The Morgan fingerprint density at radius 1 is 1.37 bits per heavy atom. The van der Waals surface area contributed by atoms with Crippen molar-refractivity contribution in [3.05, 3.63) is 41.1 Å². The Labute approximate surface area is 119 Å². The van der Waals surface area contributed by atoms with Crippen LogP contribution in [0.2, 0.25) is 5.02 Å². The minimum atomic E-state index is -0.236. The van der Waals surface area contributed by atoms with E-state index in [4.69, 9.17) is 11.6 Å². The Morgan fingerprint density at radius 3 is 2.84 bits per heavy atom. The van der Waals surface area contributed by atoms with Crippen molar-refractivity contribution in [2.75, 3.05) is 5.32 Å². The van der Waals surface area contributed by atoms with Crippen molar-refractivity contribution in [2.24, 2.45) is 5.92 Å². The van der Waals surface area contributed by atoms with Gasteiger partial charge in [0.1, 0.15) is 0 Å². The predicted molar refractivity (Wildman–Crippen MR) is 79.4 cm³/mol. The zero-order valence-electron chi connectivity index (χ0n) is 11.1. The van der Waals surface area contributed by atoms with Crippen LogP contribution in [0.1, 0.15) is 31.2 Å². The Balaban J connectivity index is 1.85. The molecule has 0 radical (unpaired) electrons. The lowest BCUT2D eigenvalue weighted by atomic mass is 10.1. The van der Waals surface area contributed by atoms with Gasteiger partial charge in [0.15, 0.2) is 0 Å². The second-order valence-corrected chi connectivity index (χ2v) is 5.32. The van der Waals surface area contributed by atoms with Gasteiger partial charge in [-0.3, -0.25) is 0 Å². The highest BCUT2D eigenvalue weighted by Crippen LogP contribution is 2.25. The second kappa shape index (κ2) is 6.62. The fourth-order valence-corrected chi connectivity index (χ4v) is 2.49. The van der Waals surface area contributed by atoms with Gasteiger partial charge in [-0.2, -0.15) is 0 Å². The number of carbonyl (C=O) groups is 1. The number of benzene rings is 1. The smallest absolute Gasteiger partial charge is 0.315 e. The number of anilines is 1. The molecule has 2 N–H and O–H groups in total. The topological polar surface area (TPSA) is 41.1 Å². The van der Waals surface area contributed by atoms with Gasteiger partial charge in [0.2, 0.25) is 0 Å². The zero-order chi connectivity index (χ0) is 13.7. The molecule has 0 aliphatic heterocycles. The van der Waals surface area contributed by atoms with Crippen LogP contribution in [0, 0.1) is 12.8 Å². The molecule has 1 saturated carbocycles. The van der Waals surface area contributed by atoms with Crippen molar-refractivity contribution in [3.8, 4) is 0 Å². The monoisotopic (exact) mass is 278 g/mol. The Bertz CT molecular complexity index is 479. The summed E-state index contributed by atoms with van der Waals surface area (Å²) in [4.78, 5) is 11.7. The Morgan fingerprint density at radius 2 is 2.11 bits per heavy atom. The molecule has 0 spiro atoms. The molecule has 0 unspecified atom stereocenters. The van der Waals surface area contributed by atoms with Crippen LogP contribution >= 0.6 is 11.6 Å². The van der Waals surface area contributed by atoms with Crippen molar-refractivity contribution in [2.45, 2.75) is 32.6 Å². The van der Waals surface area contributed by atoms with Crippen LogP contribution in [0.5, 0.6) is 0 Å². The van der Waals surface area contributed by atoms with Crippen molar-refractivity contribution in [1.82, 2.24) is 5.32 Å². The third kappa shape index (κ3) is 4.00. The summed E-state index contributed by atoms with van der Waals surface area (Å²) in [6, 6.07) is 5.22. The van der Waals surface area contributed by atoms with Crippen molar-refractivity contribution < 1.29 is 4.79 Å². The third-order valence-electron chi connectivity index (χ3n) is 3.50. The summed E-state index contributed by atoms with van der Waals surface area (Å²) in [7, 11) is 0. The maximum absolute atomic E-state index is 11.7. The molecule has 0 aromatic heterocycles. The van der Waals surface area contributed by atoms with Gasteiger partial charge in [0.25, 0.3) is 0 Å². The summed E-state index contributed by atoms with van der Waals surface area (Å²) in [5, 5.41) is 6.17. The minimum Gasteiger partial charge on any atom is -0.315 e. The Hall–Kier alpha value is -1.48. The first-order valence-corrected chi connectivity index (χ1v) is 7.04. The van der Waals surface area contributed by atoms with Crippen molar-refractivity contribution in [1.29, 1.82) is 0 Å². The van der Waals surface area contributed by atoms with E-state index in [2.05, 4.69) is 16.7 Å². The average molecular weight is 279 g/mol. The number of amides is 2. The SMILES string of the molecule is Cc1c(Cl)cccc1NC(=O)N/C=C/C1CCCC1. The van der Waals surface area contributed by atoms with Crippen molar-refractivity contribution in [3.63, 3.8) is 0 Å². The molecule has 0 heterocycles. The Kier molecular flexibility index (Phi) is 4.86. The molecule has 1 aromatic carbocycles. The average Bonchev–Trinajstić information content (AvgIpc) is 2.88. The molecule has 0 atom stereocenters.